The molecule has 1 fully saturated rings. The maximum Gasteiger partial charge on any atom is 0.407 e. The van der Waals surface area contributed by atoms with Crippen molar-refractivity contribution in [3.63, 3.8) is 0 Å². The molecule has 1 heterocycles. The molecular formula is C30H34N4O3. The highest BCUT2D eigenvalue weighted by atomic mass is 16.6. The van der Waals surface area contributed by atoms with Crippen LogP contribution in [0.5, 0.6) is 0 Å². The van der Waals surface area contributed by atoms with E-state index in [0.29, 0.717) is 41.7 Å². The Hall–Kier alpha value is -3.92. The van der Waals surface area contributed by atoms with Gasteiger partial charge in [0.25, 0.3) is 5.91 Å². The molecule has 0 unspecified atom stereocenters. The van der Waals surface area contributed by atoms with Crippen molar-refractivity contribution in [1.29, 1.82) is 5.26 Å². The molecule has 0 spiro atoms. The highest BCUT2D eigenvalue weighted by Gasteiger charge is 2.24. The van der Waals surface area contributed by atoms with Crippen LogP contribution in [0.1, 0.15) is 62.4 Å². The summed E-state index contributed by atoms with van der Waals surface area (Å²) in [5, 5.41) is 15.9. The second kappa shape index (κ2) is 11.4. The molecule has 2 N–H and O–H groups in total. The molecule has 2 aromatic carbocycles. The number of carbonyl (C=O) groups is 2. The fourth-order valence-electron chi connectivity index (χ4n) is 4.74. The van der Waals surface area contributed by atoms with Crippen molar-refractivity contribution < 1.29 is 14.3 Å². The number of benzene rings is 2. The average Bonchev–Trinajstić information content (AvgIpc) is 2.89. The third-order valence-electron chi connectivity index (χ3n) is 6.72. The van der Waals surface area contributed by atoms with Crippen LogP contribution in [-0.2, 0) is 4.74 Å². The number of amides is 2. The van der Waals surface area contributed by atoms with Gasteiger partial charge in [0.2, 0.25) is 0 Å². The van der Waals surface area contributed by atoms with Crippen LogP contribution in [0.3, 0.4) is 0 Å². The van der Waals surface area contributed by atoms with Crippen LogP contribution in [0.2, 0.25) is 0 Å². The molecule has 0 atom stereocenters. The molecule has 1 aliphatic carbocycles. The molecule has 37 heavy (non-hydrogen) atoms. The van der Waals surface area contributed by atoms with Gasteiger partial charge >= 0.3 is 6.09 Å². The lowest BCUT2D eigenvalue weighted by atomic mass is 9.82. The number of alkyl carbamates (subject to hydrolysis) is 1. The van der Waals surface area contributed by atoms with E-state index in [1.54, 1.807) is 12.1 Å². The first-order valence-electron chi connectivity index (χ1n) is 12.9. The summed E-state index contributed by atoms with van der Waals surface area (Å²) >= 11 is 0. The van der Waals surface area contributed by atoms with Gasteiger partial charge in [-0.05, 0) is 82.6 Å². The summed E-state index contributed by atoms with van der Waals surface area (Å²) in [7, 11) is 0. The zero-order valence-corrected chi connectivity index (χ0v) is 21.7. The number of carbonyl (C=O) groups excluding carboxylic acids is 2. The molecule has 0 aliphatic heterocycles. The van der Waals surface area contributed by atoms with Gasteiger partial charge < -0.3 is 15.4 Å². The molecule has 7 nitrogen and oxygen atoms in total. The predicted octanol–water partition coefficient (Wildman–Crippen LogP) is 5.83. The average molecular weight is 499 g/mol. The number of pyridine rings is 1. The van der Waals surface area contributed by atoms with Gasteiger partial charge in [-0.3, -0.25) is 4.79 Å². The summed E-state index contributed by atoms with van der Waals surface area (Å²) in [6, 6.07) is 18.8. The summed E-state index contributed by atoms with van der Waals surface area (Å²) in [6.07, 6.45) is 3.67. The summed E-state index contributed by atoms with van der Waals surface area (Å²) in [6.45, 7) is 6.81. The number of aromatic nitrogens is 1. The lowest BCUT2D eigenvalue weighted by Crippen LogP contribution is -2.37. The molecule has 0 saturated heterocycles. The first kappa shape index (κ1) is 26.2. The fourth-order valence-corrected chi connectivity index (χ4v) is 4.74. The van der Waals surface area contributed by atoms with Gasteiger partial charge in [-0.1, -0.05) is 30.3 Å². The molecule has 7 heteroatoms. The highest BCUT2D eigenvalue weighted by molar-refractivity contribution is 6.07. The first-order chi connectivity index (χ1) is 17.7. The van der Waals surface area contributed by atoms with E-state index < -0.39 is 5.60 Å². The van der Waals surface area contributed by atoms with Crippen LogP contribution in [0, 0.1) is 23.2 Å². The van der Waals surface area contributed by atoms with Crippen LogP contribution < -0.4 is 10.6 Å². The van der Waals surface area contributed by atoms with E-state index in [2.05, 4.69) is 16.7 Å². The van der Waals surface area contributed by atoms with Crippen LogP contribution in [0.25, 0.3) is 22.2 Å². The van der Waals surface area contributed by atoms with Crippen LogP contribution in [-0.4, -0.2) is 35.7 Å². The third kappa shape index (κ3) is 7.07. The van der Waals surface area contributed by atoms with E-state index in [1.807, 2.05) is 63.2 Å². The number of hydrogen-bond acceptors (Lipinski definition) is 5. The Morgan fingerprint density at radius 2 is 1.59 bits per heavy atom. The molecular weight excluding hydrogens is 464 g/mol. The largest absolute Gasteiger partial charge is 0.444 e. The van der Waals surface area contributed by atoms with E-state index in [-0.39, 0.29) is 12.0 Å². The quantitative estimate of drug-likeness (QED) is 0.445. The first-order valence-corrected chi connectivity index (χ1v) is 12.9. The number of ether oxygens (including phenoxy) is 1. The molecule has 2 amide bonds. The number of para-hydroxylation sites is 1. The molecule has 1 aliphatic rings. The fraction of sp³-hybridized carbons (Fsp3) is 0.400. The lowest BCUT2D eigenvalue weighted by Gasteiger charge is -2.29. The summed E-state index contributed by atoms with van der Waals surface area (Å²) in [5.41, 5.74) is 3.00. The number of rotatable bonds is 6. The summed E-state index contributed by atoms with van der Waals surface area (Å²) < 4.78 is 5.32. The standard InChI is InChI=1S/C30H34N4O3/c1-30(2,3)37-29(36)33-19-22-10-8-21(9-11-22)18-32-28(35)25-16-27(23-14-12-20(17-31)13-15-23)34-26-7-5-4-6-24(25)26/h4-7,12-16,21-22H,8-11,18-19H2,1-3H3,(H,32,35)(H,33,36)/t21-,22-. The zero-order valence-electron chi connectivity index (χ0n) is 21.7. The number of nitrogens with one attached hydrogen (secondary N) is 2. The molecule has 3 aromatic rings. The Balaban J connectivity index is 1.36. The van der Waals surface area contributed by atoms with Gasteiger partial charge in [0.05, 0.1) is 28.4 Å². The van der Waals surface area contributed by atoms with Crippen LogP contribution in [0.15, 0.2) is 54.6 Å². The van der Waals surface area contributed by atoms with Gasteiger partial charge in [0, 0.05) is 24.0 Å². The topological polar surface area (TPSA) is 104 Å². The molecule has 1 saturated carbocycles. The SMILES string of the molecule is CC(C)(C)OC(=O)NC[C@H]1CC[C@H](CNC(=O)c2cc(-c3ccc(C#N)cc3)nc3ccccc23)CC1. The van der Waals surface area contributed by atoms with Crippen molar-refractivity contribution in [3.8, 4) is 17.3 Å². The van der Waals surface area contributed by atoms with Gasteiger partial charge in [-0.15, -0.1) is 0 Å². The number of hydrogen-bond donors (Lipinski definition) is 2. The van der Waals surface area contributed by atoms with E-state index in [4.69, 9.17) is 15.0 Å². The second-order valence-electron chi connectivity index (χ2n) is 10.7. The van der Waals surface area contributed by atoms with Gasteiger partial charge in [0.1, 0.15) is 5.60 Å². The van der Waals surface area contributed by atoms with E-state index in [0.717, 1.165) is 42.1 Å². The monoisotopic (exact) mass is 498 g/mol. The maximum atomic E-state index is 13.3. The predicted molar refractivity (Wildman–Crippen MR) is 144 cm³/mol. The van der Waals surface area contributed by atoms with Crippen LogP contribution >= 0.6 is 0 Å². The minimum absolute atomic E-state index is 0.109. The lowest BCUT2D eigenvalue weighted by molar-refractivity contribution is 0.0512. The Morgan fingerprint density at radius 1 is 0.973 bits per heavy atom. The maximum absolute atomic E-state index is 13.3. The second-order valence-corrected chi connectivity index (χ2v) is 10.7. The van der Waals surface area contributed by atoms with E-state index in [9.17, 15) is 9.59 Å². The normalized spacial score (nSPS) is 17.6. The molecule has 4 rings (SSSR count). The van der Waals surface area contributed by atoms with E-state index >= 15 is 0 Å². The Kier molecular flexibility index (Phi) is 8.08. The van der Waals surface area contributed by atoms with Crippen molar-refractivity contribution in [2.45, 2.75) is 52.1 Å². The minimum atomic E-state index is -0.497. The van der Waals surface area contributed by atoms with Gasteiger partial charge in [0.15, 0.2) is 0 Å². The van der Waals surface area contributed by atoms with Crippen molar-refractivity contribution in [2.75, 3.05) is 13.1 Å². The Bertz CT molecular complexity index is 1300. The van der Waals surface area contributed by atoms with Crippen molar-refractivity contribution in [3.05, 3.63) is 65.7 Å². The smallest absolute Gasteiger partial charge is 0.407 e. The Labute approximate surface area is 218 Å². The summed E-state index contributed by atoms with van der Waals surface area (Å²) in [4.78, 5) is 30.0. The van der Waals surface area contributed by atoms with Crippen molar-refractivity contribution in [2.24, 2.45) is 11.8 Å². The summed E-state index contributed by atoms with van der Waals surface area (Å²) in [5.74, 6) is 0.730. The highest BCUT2D eigenvalue weighted by Crippen LogP contribution is 2.29. The van der Waals surface area contributed by atoms with Crippen molar-refractivity contribution >= 4 is 22.9 Å². The zero-order chi connectivity index (χ0) is 26.4. The number of nitriles is 1. The van der Waals surface area contributed by atoms with Crippen LogP contribution in [0.4, 0.5) is 4.79 Å². The number of fused-ring (bicyclic) bond motifs is 1. The molecule has 0 radical (unpaired) electrons. The molecule has 0 bridgehead atoms. The minimum Gasteiger partial charge on any atom is -0.444 e. The molecule has 1 aromatic heterocycles. The number of nitrogens with zero attached hydrogens (tertiary/aromatic N) is 2. The van der Waals surface area contributed by atoms with E-state index in [1.165, 1.54) is 0 Å². The third-order valence-corrected chi connectivity index (χ3v) is 6.72. The van der Waals surface area contributed by atoms with Crippen molar-refractivity contribution in [1.82, 2.24) is 15.6 Å². The molecule has 192 valence electrons. The Morgan fingerprint density at radius 3 is 2.22 bits per heavy atom. The van der Waals surface area contributed by atoms with Gasteiger partial charge in [-0.2, -0.15) is 5.26 Å². The van der Waals surface area contributed by atoms with Gasteiger partial charge in [-0.25, -0.2) is 9.78 Å².